The standard InChI is InChI=1S/C13H20N4O3/c1-17-9(6-7-15-17)8-14-13(20)16-11-5-3-2-4-10(11)12(18)19/h6-7,10-11H,2-5,8H2,1H3,(H,18,19)(H2,14,16,20). The molecule has 0 radical (unpaired) electrons. The number of aromatic nitrogens is 2. The highest BCUT2D eigenvalue weighted by Crippen LogP contribution is 2.24. The van der Waals surface area contributed by atoms with Crippen LogP contribution in [0.1, 0.15) is 31.4 Å². The van der Waals surface area contributed by atoms with Crippen molar-refractivity contribution >= 4 is 12.0 Å². The van der Waals surface area contributed by atoms with Crippen molar-refractivity contribution in [2.45, 2.75) is 38.3 Å². The summed E-state index contributed by atoms with van der Waals surface area (Å²) in [5.41, 5.74) is 0.888. The van der Waals surface area contributed by atoms with E-state index >= 15 is 0 Å². The summed E-state index contributed by atoms with van der Waals surface area (Å²) in [6, 6.07) is 1.21. The lowest BCUT2D eigenvalue weighted by atomic mass is 9.84. The predicted octanol–water partition coefficient (Wildman–Crippen LogP) is 0.863. The first kappa shape index (κ1) is 14.4. The fourth-order valence-corrected chi connectivity index (χ4v) is 2.56. The number of amides is 2. The van der Waals surface area contributed by atoms with Crippen molar-refractivity contribution < 1.29 is 14.7 Å². The van der Waals surface area contributed by atoms with Crippen LogP contribution >= 0.6 is 0 Å². The lowest BCUT2D eigenvalue weighted by molar-refractivity contribution is -0.143. The molecular formula is C13H20N4O3. The molecule has 1 saturated carbocycles. The Morgan fingerprint density at radius 3 is 2.85 bits per heavy atom. The molecule has 1 heterocycles. The normalized spacial score (nSPS) is 22.2. The van der Waals surface area contributed by atoms with Crippen LogP contribution in [0.3, 0.4) is 0 Å². The zero-order chi connectivity index (χ0) is 14.5. The number of carbonyl (C=O) groups is 2. The van der Waals surface area contributed by atoms with Crippen molar-refractivity contribution in [2.75, 3.05) is 0 Å². The molecule has 1 fully saturated rings. The third-order valence-electron chi connectivity index (χ3n) is 3.75. The van der Waals surface area contributed by atoms with Gasteiger partial charge in [0.2, 0.25) is 0 Å². The number of aliphatic carboxylic acids is 1. The molecule has 2 rings (SSSR count). The fourth-order valence-electron chi connectivity index (χ4n) is 2.56. The first-order valence-corrected chi connectivity index (χ1v) is 6.82. The minimum atomic E-state index is -0.832. The lowest BCUT2D eigenvalue weighted by Crippen LogP contribution is -2.48. The van der Waals surface area contributed by atoms with Crippen LogP contribution in [0.5, 0.6) is 0 Å². The summed E-state index contributed by atoms with van der Waals surface area (Å²) in [4.78, 5) is 23.0. The van der Waals surface area contributed by atoms with Crippen molar-refractivity contribution in [3.05, 3.63) is 18.0 Å². The van der Waals surface area contributed by atoms with E-state index in [1.165, 1.54) is 0 Å². The van der Waals surface area contributed by atoms with E-state index in [1.54, 1.807) is 17.9 Å². The number of rotatable bonds is 4. The van der Waals surface area contributed by atoms with Crippen LogP contribution in [0.15, 0.2) is 12.3 Å². The number of carbonyl (C=O) groups excluding carboxylic acids is 1. The van der Waals surface area contributed by atoms with Gasteiger partial charge in [-0.1, -0.05) is 12.8 Å². The van der Waals surface area contributed by atoms with Crippen molar-refractivity contribution in [3.8, 4) is 0 Å². The summed E-state index contributed by atoms with van der Waals surface area (Å²) in [6.45, 7) is 0.368. The highest BCUT2D eigenvalue weighted by molar-refractivity contribution is 5.76. The minimum absolute atomic E-state index is 0.284. The molecule has 0 saturated heterocycles. The van der Waals surface area contributed by atoms with Crippen LogP contribution in [0, 0.1) is 5.92 Å². The number of nitrogens with zero attached hydrogens (tertiary/aromatic N) is 2. The molecule has 0 spiro atoms. The van der Waals surface area contributed by atoms with E-state index in [1.807, 2.05) is 6.07 Å². The largest absolute Gasteiger partial charge is 0.481 e. The summed E-state index contributed by atoms with van der Waals surface area (Å²) in [6.07, 6.45) is 4.87. The molecule has 1 aromatic rings. The molecule has 1 aliphatic carbocycles. The van der Waals surface area contributed by atoms with Gasteiger partial charge in [0.25, 0.3) is 0 Å². The Balaban J connectivity index is 1.84. The second kappa shape index (κ2) is 6.40. The van der Waals surface area contributed by atoms with Gasteiger partial charge in [-0.15, -0.1) is 0 Å². The van der Waals surface area contributed by atoms with Gasteiger partial charge in [0.1, 0.15) is 0 Å². The predicted molar refractivity (Wildman–Crippen MR) is 72.0 cm³/mol. The van der Waals surface area contributed by atoms with Gasteiger partial charge in [0.15, 0.2) is 0 Å². The van der Waals surface area contributed by atoms with Crippen LogP contribution in [-0.4, -0.2) is 32.9 Å². The Labute approximate surface area is 117 Å². The average molecular weight is 280 g/mol. The number of hydrogen-bond donors (Lipinski definition) is 3. The summed E-state index contributed by atoms with van der Waals surface area (Å²) in [7, 11) is 1.80. The number of carboxylic acids is 1. The Morgan fingerprint density at radius 1 is 1.45 bits per heavy atom. The van der Waals surface area contributed by atoms with Gasteiger partial charge in [0, 0.05) is 19.3 Å². The van der Waals surface area contributed by atoms with Crippen molar-refractivity contribution in [2.24, 2.45) is 13.0 Å². The van der Waals surface area contributed by atoms with E-state index in [9.17, 15) is 9.59 Å². The SMILES string of the molecule is Cn1nccc1CNC(=O)NC1CCCCC1C(=O)O. The second-order valence-corrected chi connectivity index (χ2v) is 5.11. The maximum Gasteiger partial charge on any atom is 0.315 e. The van der Waals surface area contributed by atoms with Gasteiger partial charge < -0.3 is 15.7 Å². The molecule has 0 aliphatic heterocycles. The smallest absolute Gasteiger partial charge is 0.315 e. The maximum absolute atomic E-state index is 11.8. The van der Waals surface area contributed by atoms with E-state index in [0.29, 0.717) is 13.0 Å². The fraction of sp³-hybridized carbons (Fsp3) is 0.615. The molecule has 0 bridgehead atoms. The zero-order valence-corrected chi connectivity index (χ0v) is 11.5. The van der Waals surface area contributed by atoms with Crippen molar-refractivity contribution in [1.82, 2.24) is 20.4 Å². The molecule has 7 nitrogen and oxygen atoms in total. The van der Waals surface area contributed by atoms with E-state index < -0.39 is 11.9 Å². The van der Waals surface area contributed by atoms with Gasteiger partial charge in [-0.25, -0.2) is 4.79 Å². The van der Waals surface area contributed by atoms with E-state index in [0.717, 1.165) is 25.0 Å². The second-order valence-electron chi connectivity index (χ2n) is 5.11. The van der Waals surface area contributed by atoms with Crippen LogP contribution < -0.4 is 10.6 Å². The Bertz CT molecular complexity index is 486. The zero-order valence-electron chi connectivity index (χ0n) is 11.5. The Kier molecular flexibility index (Phi) is 4.60. The van der Waals surface area contributed by atoms with Crippen molar-refractivity contribution in [3.63, 3.8) is 0 Å². The quantitative estimate of drug-likeness (QED) is 0.762. The highest BCUT2D eigenvalue weighted by atomic mass is 16.4. The molecule has 1 aliphatic rings. The minimum Gasteiger partial charge on any atom is -0.481 e. The van der Waals surface area contributed by atoms with Crippen LogP contribution in [0.25, 0.3) is 0 Å². The first-order chi connectivity index (χ1) is 9.58. The molecule has 20 heavy (non-hydrogen) atoms. The lowest BCUT2D eigenvalue weighted by Gasteiger charge is -2.29. The monoisotopic (exact) mass is 280 g/mol. The number of hydrogen-bond acceptors (Lipinski definition) is 3. The molecule has 1 aromatic heterocycles. The third kappa shape index (κ3) is 3.49. The van der Waals surface area contributed by atoms with E-state index in [4.69, 9.17) is 5.11 Å². The summed E-state index contributed by atoms with van der Waals surface area (Å²) < 4.78 is 1.68. The van der Waals surface area contributed by atoms with Gasteiger partial charge >= 0.3 is 12.0 Å². The van der Waals surface area contributed by atoms with Gasteiger partial charge in [-0.2, -0.15) is 5.10 Å². The van der Waals surface area contributed by atoms with E-state index in [2.05, 4.69) is 15.7 Å². The number of nitrogens with one attached hydrogen (secondary N) is 2. The van der Waals surface area contributed by atoms with Crippen LogP contribution in [-0.2, 0) is 18.4 Å². The molecule has 0 aromatic carbocycles. The van der Waals surface area contributed by atoms with Crippen molar-refractivity contribution in [1.29, 1.82) is 0 Å². The maximum atomic E-state index is 11.8. The molecular weight excluding hydrogens is 260 g/mol. The number of urea groups is 1. The topological polar surface area (TPSA) is 96.3 Å². The summed E-state index contributed by atoms with van der Waals surface area (Å²) in [5, 5.41) is 18.7. The van der Waals surface area contributed by atoms with Crippen LogP contribution in [0.2, 0.25) is 0 Å². The molecule has 2 amide bonds. The third-order valence-corrected chi connectivity index (χ3v) is 3.75. The van der Waals surface area contributed by atoms with Crippen LogP contribution in [0.4, 0.5) is 4.79 Å². The summed E-state index contributed by atoms with van der Waals surface area (Å²) >= 11 is 0. The molecule has 110 valence electrons. The molecule has 7 heteroatoms. The highest BCUT2D eigenvalue weighted by Gasteiger charge is 2.31. The average Bonchev–Trinajstić information content (AvgIpc) is 2.82. The molecule has 2 unspecified atom stereocenters. The first-order valence-electron chi connectivity index (χ1n) is 6.82. The van der Waals surface area contributed by atoms with E-state index in [-0.39, 0.29) is 12.1 Å². The van der Waals surface area contributed by atoms with Gasteiger partial charge in [-0.05, 0) is 18.9 Å². The Hall–Kier alpha value is -2.05. The number of aryl methyl sites for hydroxylation is 1. The molecule has 3 N–H and O–H groups in total. The number of carboxylic acid groups (broad SMARTS) is 1. The summed E-state index contributed by atoms with van der Waals surface area (Å²) in [5.74, 6) is -1.31. The van der Waals surface area contributed by atoms with Gasteiger partial charge in [0.05, 0.1) is 18.2 Å². The Morgan fingerprint density at radius 2 is 2.20 bits per heavy atom. The van der Waals surface area contributed by atoms with Gasteiger partial charge in [-0.3, -0.25) is 9.48 Å². The molecule has 2 atom stereocenters.